The molecule has 0 saturated heterocycles. The van der Waals surface area contributed by atoms with Crippen molar-refractivity contribution in [2.45, 2.75) is 18.4 Å². The highest BCUT2D eigenvalue weighted by Crippen LogP contribution is 2.19. The van der Waals surface area contributed by atoms with Crippen molar-refractivity contribution in [3.8, 4) is 0 Å². The molecule has 0 aliphatic rings. The van der Waals surface area contributed by atoms with E-state index in [1.165, 1.54) is 18.2 Å². The smallest absolute Gasteiger partial charge is 0.238 e. The molecule has 0 spiro atoms. The second-order valence-corrected chi connectivity index (χ2v) is 6.04. The summed E-state index contributed by atoms with van der Waals surface area (Å²) in [6.07, 6.45) is 0. The summed E-state index contributed by atoms with van der Waals surface area (Å²) in [6, 6.07) is 11.0. The van der Waals surface area contributed by atoms with E-state index < -0.39 is 10.0 Å². The van der Waals surface area contributed by atoms with Crippen LogP contribution in [0.1, 0.15) is 11.1 Å². The lowest BCUT2D eigenvalue weighted by molar-refractivity contribution is 0.597. The first-order valence-corrected chi connectivity index (χ1v) is 7.52. The first-order valence-electron chi connectivity index (χ1n) is 5.98. The van der Waals surface area contributed by atoms with E-state index in [0.29, 0.717) is 17.8 Å². The average Bonchev–Trinajstić information content (AvgIpc) is 2.38. The lowest BCUT2D eigenvalue weighted by atomic mass is 10.2. The zero-order valence-electron chi connectivity index (χ0n) is 10.9. The number of primary sulfonamides is 1. The van der Waals surface area contributed by atoms with Crippen LogP contribution in [0.25, 0.3) is 0 Å². The molecule has 3 N–H and O–H groups in total. The van der Waals surface area contributed by atoms with Gasteiger partial charge < -0.3 is 5.32 Å². The van der Waals surface area contributed by atoms with Crippen molar-refractivity contribution in [1.82, 2.24) is 0 Å². The van der Waals surface area contributed by atoms with E-state index in [2.05, 4.69) is 5.32 Å². The number of aryl methyl sites for hydroxylation is 1. The van der Waals surface area contributed by atoms with Gasteiger partial charge >= 0.3 is 0 Å². The Hall–Kier alpha value is -1.92. The van der Waals surface area contributed by atoms with Crippen molar-refractivity contribution < 1.29 is 12.8 Å². The number of nitrogens with two attached hydrogens (primary N) is 1. The van der Waals surface area contributed by atoms with Gasteiger partial charge in [-0.1, -0.05) is 18.2 Å². The van der Waals surface area contributed by atoms with Crippen molar-refractivity contribution in [3.05, 3.63) is 59.4 Å². The number of benzene rings is 2. The molecule has 4 nitrogen and oxygen atoms in total. The van der Waals surface area contributed by atoms with Gasteiger partial charge in [0.25, 0.3) is 0 Å². The van der Waals surface area contributed by atoms with Crippen LogP contribution in [0, 0.1) is 12.7 Å². The van der Waals surface area contributed by atoms with Gasteiger partial charge in [-0.05, 0) is 42.3 Å². The minimum Gasteiger partial charge on any atom is -0.381 e. The molecule has 0 aliphatic carbocycles. The molecule has 106 valence electrons. The number of rotatable bonds is 4. The Morgan fingerprint density at radius 2 is 1.80 bits per heavy atom. The van der Waals surface area contributed by atoms with Gasteiger partial charge in [0.15, 0.2) is 0 Å². The molecule has 2 rings (SSSR count). The van der Waals surface area contributed by atoms with Crippen LogP contribution in [0.15, 0.2) is 47.4 Å². The summed E-state index contributed by atoms with van der Waals surface area (Å²) in [5, 5.41) is 8.23. The zero-order chi connectivity index (χ0) is 14.8. The summed E-state index contributed by atoms with van der Waals surface area (Å²) in [6.45, 7) is 2.15. The molecule has 0 heterocycles. The fraction of sp³-hybridized carbons (Fsp3) is 0.143. The van der Waals surface area contributed by atoms with Crippen LogP contribution in [-0.4, -0.2) is 8.42 Å². The van der Waals surface area contributed by atoms with Crippen LogP contribution in [-0.2, 0) is 16.6 Å². The number of nitrogens with one attached hydrogen (secondary N) is 1. The Morgan fingerprint density at radius 1 is 1.15 bits per heavy atom. The van der Waals surface area contributed by atoms with Gasteiger partial charge in [0.05, 0.1) is 4.90 Å². The molecular formula is C14H15FN2O2S. The van der Waals surface area contributed by atoms with E-state index in [9.17, 15) is 12.8 Å². The predicted octanol–water partition coefficient (Wildman–Crippen LogP) is 2.39. The van der Waals surface area contributed by atoms with Crippen molar-refractivity contribution in [1.29, 1.82) is 0 Å². The van der Waals surface area contributed by atoms with Gasteiger partial charge in [-0.3, -0.25) is 0 Å². The first-order chi connectivity index (χ1) is 9.36. The molecule has 2 aromatic rings. The normalized spacial score (nSPS) is 11.3. The minimum atomic E-state index is -3.73. The van der Waals surface area contributed by atoms with Crippen molar-refractivity contribution in [2.24, 2.45) is 5.14 Å². The second-order valence-electron chi connectivity index (χ2n) is 4.51. The molecule has 0 fully saturated rings. The van der Waals surface area contributed by atoms with E-state index in [0.717, 1.165) is 5.56 Å². The quantitative estimate of drug-likeness (QED) is 0.909. The standard InChI is InChI=1S/C14H15FN2O2S/c1-10-2-7-13(8-14(10)20(16,18)19)17-9-11-3-5-12(15)6-4-11/h2-8,17H,9H2,1H3,(H2,16,18,19). The van der Waals surface area contributed by atoms with Crippen LogP contribution in [0.2, 0.25) is 0 Å². The fourth-order valence-electron chi connectivity index (χ4n) is 1.82. The maximum absolute atomic E-state index is 12.8. The van der Waals surface area contributed by atoms with Gasteiger partial charge in [0.1, 0.15) is 5.82 Å². The number of hydrogen-bond donors (Lipinski definition) is 2. The number of hydrogen-bond acceptors (Lipinski definition) is 3. The van der Waals surface area contributed by atoms with Gasteiger partial charge in [0.2, 0.25) is 10.0 Å². The number of anilines is 1. The van der Waals surface area contributed by atoms with Crippen LogP contribution >= 0.6 is 0 Å². The molecular weight excluding hydrogens is 279 g/mol. The fourth-order valence-corrected chi connectivity index (χ4v) is 2.63. The van der Waals surface area contributed by atoms with Gasteiger partial charge in [-0.15, -0.1) is 0 Å². The number of halogens is 1. The third-order valence-electron chi connectivity index (χ3n) is 2.90. The Labute approximate surface area is 117 Å². The Morgan fingerprint density at radius 3 is 2.40 bits per heavy atom. The lowest BCUT2D eigenvalue weighted by Crippen LogP contribution is -2.14. The average molecular weight is 294 g/mol. The zero-order valence-corrected chi connectivity index (χ0v) is 11.7. The maximum atomic E-state index is 12.8. The molecule has 0 aliphatic heterocycles. The third kappa shape index (κ3) is 3.55. The van der Waals surface area contributed by atoms with E-state index in [-0.39, 0.29) is 10.7 Å². The Kier molecular flexibility index (Phi) is 4.06. The molecule has 0 amide bonds. The number of sulfonamides is 1. The molecule has 0 atom stereocenters. The van der Waals surface area contributed by atoms with Crippen LogP contribution < -0.4 is 10.5 Å². The molecule has 2 aromatic carbocycles. The maximum Gasteiger partial charge on any atom is 0.238 e. The second kappa shape index (κ2) is 5.60. The van der Waals surface area contributed by atoms with E-state index in [1.54, 1.807) is 31.2 Å². The summed E-state index contributed by atoms with van der Waals surface area (Å²) >= 11 is 0. The first kappa shape index (κ1) is 14.5. The highest BCUT2D eigenvalue weighted by Gasteiger charge is 2.11. The topological polar surface area (TPSA) is 72.2 Å². The minimum absolute atomic E-state index is 0.0987. The predicted molar refractivity (Wildman–Crippen MR) is 76.3 cm³/mol. The van der Waals surface area contributed by atoms with E-state index >= 15 is 0 Å². The molecule has 0 unspecified atom stereocenters. The lowest BCUT2D eigenvalue weighted by Gasteiger charge is -2.10. The molecule has 0 bridgehead atoms. The third-order valence-corrected chi connectivity index (χ3v) is 3.96. The van der Waals surface area contributed by atoms with Crippen LogP contribution in [0.4, 0.5) is 10.1 Å². The molecule has 0 saturated carbocycles. The summed E-state index contributed by atoms with van der Waals surface area (Å²) in [5.41, 5.74) is 2.13. The summed E-state index contributed by atoms with van der Waals surface area (Å²) in [5.74, 6) is -0.291. The molecule has 0 aromatic heterocycles. The van der Waals surface area contributed by atoms with Gasteiger partial charge in [-0.2, -0.15) is 0 Å². The van der Waals surface area contributed by atoms with Gasteiger partial charge in [0, 0.05) is 12.2 Å². The molecule has 6 heteroatoms. The van der Waals surface area contributed by atoms with Crippen LogP contribution in [0.5, 0.6) is 0 Å². The van der Waals surface area contributed by atoms with Crippen molar-refractivity contribution in [2.75, 3.05) is 5.32 Å². The van der Waals surface area contributed by atoms with E-state index in [1.807, 2.05) is 0 Å². The summed E-state index contributed by atoms with van der Waals surface area (Å²) in [7, 11) is -3.73. The monoisotopic (exact) mass is 294 g/mol. The molecule has 0 radical (unpaired) electrons. The van der Waals surface area contributed by atoms with Crippen LogP contribution in [0.3, 0.4) is 0 Å². The largest absolute Gasteiger partial charge is 0.381 e. The summed E-state index contributed by atoms with van der Waals surface area (Å²) in [4.78, 5) is 0.0987. The van der Waals surface area contributed by atoms with Crippen molar-refractivity contribution in [3.63, 3.8) is 0 Å². The highest BCUT2D eigenvalue weighted by molar-refractivity contribution is 7.89. The molecule has 20 heavy (non-hydrogen) atoms. The Balaban J connectivity index is 2.16. The SMILES string of the molecule is Cc1ccc(NCc2ccc(F)cc2)cc1S(N)(=O)=O. The van der Waals surface area contributed by atoms with Crippen molar-refractivity contribution >= 4 is 15.7 Å². The Bertz CT molecular complexity index is 712. The van der Waals surface area contributed by atoms with E-state index in [4.69, 9.17) is 5.14 Å². The highest BCUT2D eigenvalue weighted by atomic mass is 32.2. The van der Waals surface area contributed by atoms with Gasteiger partial charge in [-0.25, -0.2) is 17.9 Å². The summed E-state index contributed by atoms with van der Waals surface area (Å²) < 4.78 is 35.6.